The van der Waals surface area contributed by atoms with Gasteiger partial charge in [0, 0.05) is 25.7 Å². The van der Waals surface area contributed by atoms with Gasteiger partial charge < -0.3 is 0 Å². The number of hydrogen-bond donors (Lipinski definition) is 0. The summed E-state index contributed by atoms with van der Waals surface area (Å²) in [6, 6.07) is 8.05. The molecule has 19 heavy (non-hydrogen) atoms. The Hall–Kier alpha value is -0.910. The first-order valence-electron chi connectivity index (χ1n) is 6.54. The summed E-state index contributed by atoms with van der Waals surface area (Å²) in [6.45, 7) is 6.74. The Morgan fingerprint density at radius 3 is 2.32 bits per heavy atom. The number of rotatable bonds is 2. The molecule has 0 fully saturated rings. The Balaban J connectivity index is 2.26. The molecule has 4 nitrogen and oxygen atoms in total. The van der Waals surface area contributed by atoms with Gasteiger partial charge in [-0.25, -0.2) is 0 Å². The number of fused-ring (bicyclic) bond motifs is 1. The highest BCUT2D eigenvalue weighted by molar-refractivity contribution is 7.86. The average Bonchev–Trinajstić information content (AvgIpc) is 2.36. The second-order valence-electron chi connectivity index (χ2n) is 6.00. The van der Waals surface area contributed by atoms with Crippen molar-refractivity contribution in [2.45, 2.75) is 39.3 Å². The molecular weight excluding hydrogens is 260 g/mol. The summed E-state index contributed by atoms with van der Waals surface area (Å²) in [4.78, 5) is 0. The first-order valence-corrected chi connectivity index (χ1v) is 7.93. The molecule has 1 aliphatic rings. The predicted molar refractivity (Wildman–Crippen MR) is 77.0 cm³/mol. The van der Waals surface area contributed by atoms with Crippen LogP contribution in [0, 0.1) is 0 Å². The summed E-state index contributed by atoms with van der Waals surface area (Å²) in [5.74, 6) is 0. The van der Waals surface area contributed by atoms with Crippen molar-refractivity contribution in [1.29, 1.82) is 0 Å². The summed E-state index contributed by atoms with van der Waals surface area (Å²) in [5, 5.41) is 0. The lowest BCUT2D eigenvalue weighted by Crippen LogP contribution is -2.51. The maximum Gasteiger partial charge on any atom is 0.282 e. The highest BCUT2D eigenvalue weighted by Crippen LogP contribution is 2.25. The van der Waals surface area contributed by atoms with Crippen LogP contribution in [0.5, 0.6) is 0 Å². The van der Waals surface area contributed by atoms with E-state index in [2.05, 4.69) is 6.07 Å². The van der Waals surface area contributed by atoms with Gasteiger partial charge in [-0.05, 0) is 38.3 Å². The molecule has 0 aromatic heterocycles. The van der Waals surface area contributed by atoms with E-state index in [1.165, 1.54) is 9.87 Å². The first kappa shape index (κ1) is 14.5. The topological polar surface area (TPSA) is 40.6 Å². The van der Waals surface area contributed by atoms with Gasteiger partial charge in [0.05, 0.1) is 0 Å². The number of hydrogen-bond acceptors (Lipinski definition) is 2. The molecule has 0 spiro atoms. The highest BCUT2D eigenvalue weighted by Gasteiger charge is 2.35. The second-order valence-corrected chi connectivity index (χ2v) is 7.96. The third kappa shape index (κ3) is 2.83. The van der Waals surface area contributed by atoms with Crippen molar-refractivity contribution in [3.8, 4) is 0 Å². The third-order valence-corrected chi connectivity index (χ3v) is 5.92. The van der Waals surface area contributed by atoms with Crippen molar-refractivity contribution in [2.24, 2.45) is 0 Å². The Morgan fingerprint density at radius 2 is 1.74 bits per heavy atom. The molecule has 0 N–H and O–H groups in total. The molecule has 0 aliphatic carbocycles. The fourth-order valence-electron chi connectivity index (χ4n) is 2.19. The van der Waals surface area contributed by atoms with Crippen LogP contribution >= 0.6 is 0 Å². The quantitative estimate of drug-likeness (QED) is 0.832. The number of nitrogens with zero attached hydrogens (tertiary/aromatic N) is 2. The van der Waals surface area contributed by atoms with Crippen molar-refractivity contribution in [2.75, 3.05) is 13.6 Å². The fraction of sp³-hybridized carbons (Fsp3) is 0.571. The molecule has 1 aliphatic heterocycles. The molecule has 0 saturated heterocycles. The van der Waals surface area contributed by atoms with E-state index in [4.69, 9.17) is 0 Å². The predicted octanol–water partition coefficient (Wildman–Crippen LogP) is 2.02. The van der Waals surface area contributed by atoms with Gasteiger partial charge in [0.15, 0.2) is 0 Å². The first-order chi connectivity index (χ1) is 8.73. The molecule has 0 atom stereocenters. The number of benzene rings is 1. The molecule has 0 bridgehead atoms. The second kappa shape index (κ2) is 4.89. The molecule has 106 valence electrons. The lowest BCUT2D eigenvalue weighted by atomic mass is 10.0. The molecule has 0 radical (unpaired) electrons. The van der Waals surface area contributed by atoms with Crippen LogP contribution in [-0.2, 0) is 23.2 Å². The van der Waals surface area contributed by atoms with E-state index in [0.717, 1.165) is 12.0 Å². The van der Waals surface area contributed by atoms with E-state index in [-0.39, 0.29) is 0 Å². The zero-order chi connectivity index (χ0) is 14.3. The maximum absolute atomic E-state index is 12.6. The molecule has 0 amide bonds. The van der Waals surface area contributed by atoms with Gasteiger partial charge in [0.1, 0.15) is 0 Å². The monoisotopic (exact) mass is 282 g/mol. The van der Waals surface area contributed by atoms with Crippen LogP contribution in [-0.4, -0.2) is 36.2 Å². The fourth-order valence-corrected chi connectivity index (χ4v) is 3.85. The lowest BCUT2D eigenvalue weighted by molar-refractivity contribution is 0.257. The SMILES string of the molecule is CN(C(C)(C)C)S(=O)(=O)N1CCc2ccccc2C1. The molecule has 0 unspecified atom stereocenters. The van der Waals surface area contributed by atoms with E-state index in [1.807, 2.05) is 39.0 Å². The molecular formula is C14H22N2O2S. The minimum Gasteiger partial charge on any atom is -0.195 e. The summed E-state index contributed by atoms with van der Waals surface area (Å²) >= 11 is 0. The zero-order valence-corrected chi connectivity index (χ0v) is 12.9. The van der Waals surface area contributed by atoms with Crippen LogP contribution in [0.2, 0.25) is 0 Å². The average molecular weight is 282 g/mol. The smallest absolute Gasteiger partial charge is 0.195 e. The van der Waals surface area contributed by atoms with Crippen molar-refractivity contribution in [1.82, 2.24) is 8.61 Å². The summed E-state index contributed by atoms with van der Waals surface area (Å²) < 4.78 is 28.2. The van der Waals surface area contributed by atoms with Gasteiger partial charge >= 0.3 is 0 Å². The Labute approximate surface area is 116 Å². The Kier molecular flexibility index (Phi) is 3.73. The van der Waals surface area contributed by atoms with Crippen molar-refractivity contribution >= 4 is 10.2 Å². The summed E-state index contributed by atoms with van der Waals surface area (Å²) in [6.07, 6.45) is 0.785. The maximum atomic E-state index is 12.6. The minimum atomic E-state index is -3.40. The van der Waals surface area contributed by atoms with E-state index in [1.54, 1.807) is 11.4 Å². The van der Waals surface area contributed by atoms with Crippen molar-refractivity contribution in [3.05, 3.63) is 35.4 Å². The van der Waals surface area contributed by atoms with E-state index in [0.29, 0.717) is 13.1 Å². The largest absolute Gasteiger partial charge is 0.282 e. The Bertz CT molecular complexity index is 561. The molecule has 1 heterocycles. The molecule has 5 heteroatoms. The van der Waals surface area contributed by atoms with Crippen LogP contribution in [0.15, 0.2) is 24.3 Å². The van der Waals surface area contributed by atoms with E-state index >= 15 is 0 Å². The summed E-state index contributed by atoms with van der Waals surface area (Å²) in [7, 11) is -1.75. The molecule has 2 rings (SSSR count). The normalized spacial score (nSPS) is 17.5. The molecule has 1 aromatic rings. The van der Waals surface area contributed by atoms with Crippen LogP contribution in [0.3, 0.4) is 0 Å². The van der Waals surface area contributed by atoms with Crippen molar-refractivity contribution in [3.63, 3.8) is 0 Å². The van der Waals surface area contributed by atoms with Crippen molar-refractivity contribution < 1.29 is 8.42 Å². The van der Waals surface area contributed by atoms with E-state index in [9.17, 15) is 8.42 Å². The van der Waals surface area contributed by atoms with Gasteiger partial charge in [0.25, 0.3) is 10.2 Å². The van der Waals surface area contributed by atoms with Crippen LogP contribution in [0.25, 0.3) is 0 Å². The van der Waals surface area contributed by atoms with Gasteiger partial charge in [-0.3, -0.25) is 0 Å². The Morgan fingerprint density at radius 1 is 1.16 bits per heavy atom. The van der Waals surface area contributed by atoms with Gasteiger partial charge in [-0.15, -0.1) is 0 Å². The highest BCUT2D eigenvalue weighted by atomic mass is 32.2. The van der Waals surface area contributed by atoms with Crippen LogP contribution in [0.1, 0.15) is 31.9 Å². The standard InChI is InChI=1S/C14H22N2O2S/c1-14(2,3)15(4)19(17,18)16-10-9-12-7-5-6-8-13(12)11-16/h5-8H,9-11H2,1-4H3. The molecule has 0 saturated carbocycles. The van der Waals surface area contributed by atoms with Gasteiger partial charge in [0.2, 0.25) is 0 Å². The minimum absolute atomic E-state index is 0.407. The van der Waals surface area contributed by atoms with Crippen LogP contribution < -0.4 is 0 Å². The van der Waals surface area contributed by atoms with Gasteiger partial charge in [-0.2, -0.15) is 17.0 Å². The lowest BCUT2D eigenvalue weighted by Gasteiger charge is -2.37. The van der Waals surface area contributed by atoms with E-state index < -0.39 is 15.7 Å². The summed E-state index contributed by atoms with van der Waals surface area (Å²) in [5.41, 5.74) is 1.96. The zero-order valence-electron chi connectivity index (χ0n) is 12.0. The third-order valence-electron chi connectivity index (χ3n) is 3.71. The van der Waals surface area contributed by atoms with Gasteiger partial charge in [-0.1, -0.05) is 24.3 Å². The molecule has 1 aromatic carbocycles. The van der Waals surface area contributed by atoms with Crippen LogP contribution in [0.4, 0.5) is 0 Å².